The van der Waals surface area contributed by atoms with Crippen molar-refractivity contribution >= 4 is 11.1 Å². The Morgan fingerprint density at radius 2 is 2.18 bits per heavy atom. The van der Waals surface area contributed by atoms with E-state index < -0.39 is 11.7 Å². The first-order valence-electron chi connectivity index (χ1n) is 9.43. The van der Waals surface area contributed by atoms with E-state index in [-0.39, 0.29) is 17.0 Å². The van der Waals surface area contributed by atoms with Gasteiger partial charge in [0.15, 0.2) is 0 Å². The topological polar surface area (TPSA) is 55.1 Å². The van der Waals surface area contributed by atoms with Crippen LogP contribution in [-0.2, 0) is 19.1 Å². The summed E-state index contributed by atoms with van der Waals surface area (Å²) in [5.41, 5.74) is 1.08. The lowest BCUT2D eigenvalue weighted by Gasteiger charge is -2.32. The molecule has 1 atom stereocenters. The Hall–Kier alpha value is -2.48. The zero-order chi connectivity index (χ0) is 19.7. The molecule has 1 saturated heterocycles. The van der Waals surface area contributed by atoms with E-state index in [2.05, 4.69) is 20.0 Å². The van der Waals surface area contributed by atoms with Gasteiger partial charge in [0, 0.05) is 37.1 Å². The van der Waals surface area contributed by atoms with Gasteiger partial charge in [-0.25, -0.2) is 4.98 Å². The molecule has 0 amide bonds. The van der Waals surface area contributed by atoms with E-state index >= 15 is 0 Å². The Morgan fingerprint density at radius 1 is 1.32 bits per heavy atom. The molecule has 0 radical (unpaired) electrons. The molecule has 1 aliphatic rings. The van der Waals surface area contributed by atoms with Crippen molar-refractivity contribution in [3.05, 3.63) is 53.1 Å². The van der Waals surface area contributed by atoms with Gasteiger partial charge in [0.05, 0.1) is 16.6 Å². The summed E-state index contributed by atoms with van der Waals surface area (Å²) in [4.78, 5) is 10.6. The second-order valence-electron chi connectivity index (χ2n) is 7.20. The molecule has 0 spiro atoms. The molecule has 0 aliphatic carbocycles. The highest BCUT2D eigenvalue weighted by Gasteiger charge is 2.37. The Kier molecular flexibility index (Phi) is 5.05. The number of aromatic nitrogens is 3. The third-order valence-electron chi connectivity index (χ3n) is 5.21. The molecule has 0 aromatic carbocycles. The number of likely N-dealkylation sites (tertiary alicyclic amines) is 1. The summed E-state index contributed by atoms with van der Waals surface area (Å²) in [5.74, 6) is -0.123. The van der Waals surface area contributed by atoms with E-state index in [9.17, 15) is 13.2 Å². The van der Waals surface area contributed by atoms with Gasteiger partial charge in [-0.15, -0.1) is 0 Å². The molecular weight excluding hydrogens is 369 g/mol. The number of pyridine rings is 2. The van der Waals surface area contributed by atoms with Gasteiger partial charge in [0.25, 0.3) is 5.71 Å². The van der Waals surface area contributed by atoms with E-state index in [1.165, 1.54) is 0 Å². The Labute approximate surface area is 160 Å². The summed E-state index contributed by atoms with van der Waals surface area (Å²) in [6, 6.07) is 5.01. The number of hydrogen-bond donors (Lipinski definition) is 0. The Balaban J connectivity index is 1.67. The fourth-order valence-electron chi connectivity index (χ4n) is 3.88. The predicted octanol–water partition coefficient (Wildman–Crippen LogP) is 4.58. The molecule has 28 heavy (non-hydrogen) atoms. The lowest BCUT2D eigenvalue weighted by atomic mass is 9.91. The first-order valence-corrected chi connectivity index (χ1v) is 9.43. The van der Waals surface area contributed by atoms with Crippen LogP contribution in [0.15, 0.2) is 35.1 Å². The molecule has 0 saturated carbocycles. The minimum atomic E-state index is -4.48. The molecule has 3 aromatic heterocycles. The van der Waals surface area contributed by atoms with Crippen molar-refractivity contribution in [1.82, 2.24) is 20.0 Å². The standard InChI is InChI=1S/C20H21F3N4O/c1-2-15-9-16(20(21,22)23)17-18(26-28-19(17)25-15)14-6-4-8-27(12-14)11-13-5-3-7-24-10-13/h3,5,7,9-10,14H,2,4,6,8,11-12H2,1H3/t14-/m1/s1. The molecule has 148 valence electrons. The van der Waals surface area contributed by atoms with Gasteiger partial charge in [0.1, 0.15) is 0 Å². The highest BCUT2D eigenvalue weighted by molar-refractivity contribution is 5.81. The zero-order valence-corrected chi connectivity index (χ0v) is 15.5. The van der Waals surface area contributed by atoms with E-state index in [1.807, 2.05) is 18.3 Å². The summed E-state index contributed by atoms with van der Waals surface area (Å²) in [7, 11) is 0. The van der Waals surface area contributed by atoms with Crippen LogP contribution in [0, 0.1) is 0 Å². The second-order valence-corrected chi connectivity index (χ2v) is 7.20. The Morgan fingerprint density at radius 3 is 2.89 bits per heavy atom. The summed E-state index contributed by atoms with van der Waals surface area (Å²) < 4.78 is 46.4. The maximum Gasteiger partial charge on any atom is 0.417 e. The monoisotopic (exact) mass is 390 g/mol. The van der Waals surface area contributed by atoms with Crippen molar-refractivity contribution in [2.24, 2.45) is 0 Å². The molecule has 0 N–H and O–H groups in total. The number of piperidine rings is 1. The average molecular weight is 390 g/mol. The van der Waals surface area contributed by atoms with Crippen molar-refractivity contribution in [3.8, 4) is 0 Å². The summed E-state index contributed by atoms with van der Waals surface area (Å²) >= 11 is 0. The van der Waals surface area contributed by atoms with Crippen molar-refractivity contribution in [3.63, 3.8) is 0 Å². The van der Waals surface area contributed by atoms with Crippen molar-refractivity contribution in [2.75, 3.05) is 13.1 Å². The molecule has 4 rings (SSSR count). The number of halogens is 3. The molecule has 1 aliphatic heterocycles. The van der Waals surface area contributed by atoms with Crippen LogP contribution < -0.4 is 0 Å². The van der Waals surface area contributed by atoms with Gasteiger partial charge < -0.3 is 4.52 Å². The fourth-order valence-corrected chi connectivity index (χ4v) is 3.88. The van der Waals surface area contributed by atoms with Crippen LogP contribution in [0.1, 0.15) is 48.2 Å². The van der Waals surface area contributed by atoms with Crippen LogP contribution in [0.3, 0.4) is 0 Å². The predicted molar refractivity (Wildman–Crippen MR) is 97.7 cm³/mol. The maximum absolute atomic E-state index is 13.7. The number of aryl methyl sites for hydroxylation is 1. The van der Waals surface area contributed by atoms with E-state index in [4.69, 9.17) is 4.52 Å². The fraction of sp³-hybridized carbons (Fsp3) is 0.450. The highest BCUT2D eigenvalue weighted by Crippen LogP contribution is 2.40. The minimum absolute atomic E-state index is 0.0120. The van der Waals surface area contributed by atoms with E-state index in [0.717, 1.165) is 31.0 Å². The molecule has 1 fully saturated rings. The number of rotatable bonds is 4. The maximum atomic E-state index is 13.7. The summed E-state index contributed by atoms with van der Waals surface area (Å²) in [6.07, 6.45) is 1.12. The van der Waals surface area contributed by atoms with Crippen LogP contribution in [0.5, 0.6) is 0 Å². The van der Waals surface area contributed by atoms with Gasteiger partial charge >= 0.3 is 6.18 Å². The average Bonchev–Trinajstić information content (AvgIpc) is 3.11. The third-order valence-corrected chi connectivity index (χ3v) is 5.21. The smallest absolute Gasteiger partial charge is 0.336 e. The van der Waals surface area contributed by atoms with Crippen molar-refractivity contribution in [1.29, 1.82) is 0 Å². The van der Waals surface area contributed by atoms with Crippen LogP contribution in [0.2, 0.25) is 0 Å². The number of fused-ring (bicyclic) bond motifs is 1. The van der Waals surface area contributed by atoms with Crippen LogP contribution >= 0.6 is 0 Å². The molecule has 0 bridgehead atoms. The molecule has 5 nitrogen and oxygen atoms in total. The summed E-state index contributed by atoms with van der Waals surface area (Å²) in [6.45, 7) is 4.00. The van der Waals surface area contributed by atoms with Crippen molar-refractivity contribution < 1.29 is 17.7 Å². The lowest BCUT2D eigenvalue weighted by molar-refractivity contribution is -0.136. The quantitative estimate of drug-likeness (QED) is 0.653. The van der Waals surface area contributed by atoms with Crippen LogP contribution in [0.4, 0.5) is 13.2 Å². The largest absolute Gasteiger partial charge is 0.417 e. The summed E-state index contributed by atoms with van der Waals surface area (Å²) in [5, 5.41) is 4.05. The van der Waals surface area contributed by atoms with Gasteiger partial charge in [-0.05, 0) is 43.5 Å². The normalized spacial score (nSPS) is 18.6. The van der Waals surface area contributed by atoms with Crippen LogP contribution in [0.25, 0.3) is 11.1 Å². The van der Waals surface area contributed by atoms with E-state index in [0.29, 0.717) is 30.9 Å². The lowest BCUT2D eigenvalue weighted by Crippen LogP contribution is -2.34. The molecule has 8 heteroatoms. The molecule has 3 aromatic rings. The minimum Gasteiger partial charge on any atom is -0.336 e. The Bertz CT molecular complexity index is 955. The molecule has 4 heterocycles. The first-order chi connectivity index (χ1) is 13.5. The van der Waals surface area contributed by atoms with Crippen molar-refractivity contribution in [2.45, 2.75) is 44.8 Å². The number of hydrogen-bond acceptors (Lipinski definition) is 5. The third kappa shape index (κ3) is 3.73. The van der Waals surface area contributed by atoms with Crippen LogP contribution in [-0.4, -0.2) is 33.1 Å². The van der Waals surface area contributed by atoms with E-state index in [1.54, 1.807) is 13.1 Å². The number of alkyl halides is 3. The number of nitrogens with zero attached hydrogens (tertiary/aromatic N) is 4. The first kappa shape index (κ1) is 18.9. The second kappa shape index (κ2) is 7.50. The van der Waals surface area contributed by atoms with Gasteiger partial charge in [-0.1, -0.05) is 18.1 Å². The zero-order valence-electron chi connectivity index (χ0n) is 15.5. The van der Waals surface area contributed by atoms with Gasteiger partial charge in [0.2, 0.25) is 0 Å². The molecule has 0 unspecified atom stereocenters. The SMILES string of the molecule is CCc1cc(C(F)(F)F)c2c([C@@H]3CCCN(Cc4cccnc4)C3)noc2n1. The highest BCUT2D eigenvalue weighted by atomic mass is 19.4. The van der Waals surface area contributed by atoms with Gasteiger partial charge in [-0.3, -0.25) is 9.88 Å². The van der Waals surface area contributed by atoms with Gasteiger partial charge in [-0.2, -0.15) is 13.2 Å². The molecular formula is C20H21F3N4O.